The minimum Gasteiger partial charge on any atom is -0.461 e. The zero-order valence-electron chi connectivity index (χ0n) is 12.8. The number of aromatic nitrogens is 3. The van der Waals surface area contributed by atoms with Gasteiger partial charge in [-0.25, -0.2) is 0 Å². The van der Waals surface area contributed by atoms with Gasteiger partial charge in [0.1, 0.15) is 0 Å². The smallest absolute Gasteiger partial charge is 0.234 e. The van der Waals surface area contributed by atoms with E-state index in [0.717, 1.165) is 11.3 Å². The fourth-order valence-electron chi connectivity index (χ4n) is 2.09. The van der Waals surface area contributed by atoms with Crippen molar-refractivity contribution in [3.8, 4) is 11.6 Å². The molecule has 0 fully saturated rings. The van der Waals surface area contributed by atoms with E-state index < -0.39 is 0 Å². The number of furan rings is 1. The second-order valence-electron chi connectivity index (χ2n) is 4.99. The highest BCUT2D eigenvalue weighted by Gasteiger charge is 2.14. The molecule has 23 heavy (non-hydrogen) atoms. The van der Waals surface area contributed by atoms with E-state index in [1.807, 2.05) is 48.9 Å². The van der Waals surface area contributed by atoms with E-state index in [0.29, 0.717) is 16.7 Å². The van der Waals surface area contributed by atoms with Crippen LogP contribution in [-0.4, -0.2) is 26.4 Å². The van der Waals surface area contributed by atoms with Crippen molar-refractivity contribution in [2.45, 2.75) is 12.1 Å². The van der Waals surface area contributed by atoms with Crippen LogP contribution in [-0.2, 0) is 11.8 Å². The average Bonchev–Trinajstić information content (AvgIpc) is 3.17. The number of nitrogens with zero attached hydrogens (tertiary/aromatic N) is 3. The lowest BCUT2D eigenvalue weighted by Crippen LogP contribution is -2.15. The molecule has 2 heterocycles. The number of thioether (sulfide) groups is 1. The van der Waals surface area contributed by atoms with E-state index in [-0.39, 0.29) is 11.7 Å². The molecule has 7 heteroatoms. The number of rotatable bonds is 5. The third-order valence-electron chi connectivity index (χ3n) is 3.33. The molecule has 2 aromatic heterocycles. The highest BCUT2D eigenvalue weighted by atomic mass is 32.2. The standard InChI is InChI=1S/C16H16N4O2S/c1-11-6-3-4-7-12(11)17-14(21)10-23-16-19-18-15(20(16)2)13-8-5-9-22-13/h3-9H,10H2,1-2H3,(H,17,21). The van der Waals surface area contributed by atoms with Gasteiger partial charge in [-0.2, -0.15) is 0 Å². The number of hydrogen-bond acceptors (Lipinski definition) is 5. The second kappa shape index (κ2) is 6.70. The molecule has 0 radical (unpaired) electrons. The Kier molecular flexibility index (Phi) is 4.47. The highest BCUT2D eigenvalue weighted by molar-refractivity contribution is 7.99. The highest BCUT2D eigenvalue weighted by Crippen LogP contribution is 2.23. The Morgan fingerprint density at radius 3 is 2.83 bits per heavy atom. The minimum atomic E-state index is -0.0770. The summed E-state index contributed by atoms with van der Waals surface area (Å²) in [5.41, 5.74) is 1.86. The summed E-state index contributed by atoms with van der Waals surface area (Å²) in [4.78, 5) is 12.1. The Morgan fingerprint density at radius 2 is 2.09 bits per heavy atom. The Labute approximate surface area is 137 Å². The summed E-state index contributed by atoms with van der Waals surface area (Å²) in [5, 5.41) is 11.8. The van der Waals surface area contributed by atoms with E-state index in [2.05, 4.69) is 15.5 Å². The SMILES string of the molecule is Cc1ccccc1NC(=O)CSc1nnc(-c2ccco2)n1C. The molecule has 3 rings (SSSR count). The molecule has 118 valence electrons. The summed E-state index contributed by atoms with van der Waals surface area (Å²) in [7, 11) is 1.85. The molecule has 3 aromatic rings. The third kappa shape index (κ3) is 3.45. The van der Waals surface area contributed by atoms with Gasteiger partial charge in [-0.1, -0.05) is 30.0 Å². The first-order chi connectivity index (χ1) is 11.1. The van der Waals surface area contributed by atoms with Crippen molar-refractivity contribution in [1.29, 1.82) is 0 Å². The summed E-state index contributed by atoms with van der Waals surface area (Å²) in [6.45, 7) is 1.96. The Hall–Kier alpha value is -2.54. The van der Waals surface area contributed by atoms with E-state index in [4.69, 9.17) is 4.42 Å². The van der Waals surface area contributed by atoms with Gasteiger partial charge < -0.3 is 14.3 Å². The molecule has 0 aliphatic heterocycles. The van der Waals surface area contributed by atoms with Crippen LogP contribution in [0.3, 0.4) is 0 Å². The number of nitrogens with one attached hydrogen (secondary N) is 1. The topological polar surface area (TPSA) is 73.0 Å². The van der Waals surface area contributed by atoms with Crippen LogP contribution in [0.5, 0.6) is 0 Å². The Balaban J connectivity index is 1.63. The van der Waals surface area contributed by atoms with Gasteiger partial charge in [-0.05, 0) is 30.7 Å². The van der Waals surface area contributed by atoms with Crippen LogP contribution in [0, 0.1) is 6.92 Å². The zero-order valence-corrected chi connectivity index (χ0v) is 13.6. The van der Waals surface area contributed by atoms with Crippen LogP contribution in [0.1, 0.15) is 5.56 Å². The normalized spacial score (nSPS) is 10.7. The van der Waals surface area contributed by atoms with E-state index in [9.17, 15) is 4.79 Å². The molecule has 0 unspecified atom stereocenters. The Morgan fingerprint density at radius 1 is 1.26 bits per heavy atom. The molecular weight excluding hydrogens is 312 g/mol. The van der Waals surface area contributed by atoms with Gasteiger partial charge in [0.05, 0.1) is 12.0 Å². The van der Waals surface area contributed by atoms with Gasteiger partial charge >= 0.3 is 0 Å². The van der Waals surface area contributed by atoms with Crippen LogP contribution in [0.25, 0.3) is 11.6 Å². The molecule has 1 aromatic carbocycles. The first-order valence-corrected chi connectivity index (χ1v) is 8.05. The number of anilines is 1. The van der Waals surface area contributed by atoms with Crippen LogP contribution >= 0.6 is 11.8 Å². The maximum atomic E-state index is 12.1. The van der Waals surface area contributed by atoms with Crippen LogP contribution in [0.15, 0.2) is 52.2 Å². The van der Waals surface area contributed by atoms with E-state index in [1.54, 1.807) is 12.3 Å². The molecule has 0 saturated heterocycles. The summed E-state index contributed by atoms with van der Waals surface area (Å²) >= 11 is 1.33. The van der Waals surface area contributed by atoms with E-state index >= 15 is 0 Å². The van der Waals surface area contributed by atoms with Crippen molar-refractivity contribution in [1.82, 2.24) is 14.8 Å². The maximum absolute atomic E-state index is 12.1. The van der Waals surface area contributed by atoms with Gasteiger partial charge in [-0.15, -0.1) is 10.2 Å². The summed E-state index contributed by atoms with van der Waals surface area (Å²) in [6.07, 6.45) is 1.59. The van der Waals surface area contributed by atoms with Gasteiger partial charge in [0, 0.05) is 12.7 Å². The first-order valence-electron chi connectivity index (χ1n) is 7.06. The van der Waals surface area contributed by atoms with Gasteiger partial charge in [0.25, 0.3) is 0 Å². The second-order valence-corrected chi connectivity index (χ2v) is 5.94. The number of hydrogen-bond donors (Lipinski definition) is 1. The number of carbonyl (C=O) groups excluding carboxylic acids is 1. The number of carbonyl (C=O) groups is 1. The van der Waals surface area contributed by atoms with Crippen LogP contribution in [0.4, 0.5) is 5.69 Å². The number of aryl methyl sites for hydroxylation is 1. The molecule has 0 aliphatic carbocycles. The first kappa shape index (κ1) is 15.4. The fourth-order valence-corrected chi connectivity index (χ4v) is 2.80. The summed E-state index contributed by atoms with van der Waals surface area (Å²) < 4.78 is 7.13. The van der Waals surface area contributed by atoms with Crippen molar-refractivity contribution >= 4 is 23.4 Å². The molecule has 0 aliphatic rings. The average molecular weight is 328 g/mol. The lowest BCUT2D eigenvalue weighted by atomic mass is 10.2. The van der Waals surface area contributed by atoms with E-state index in [1.165, 1.54) is 11.8 Å². The molecule has 1 amide bonds. The molecule has 6 nitrogen and oxygen atoms in total. The molecule has 1 N–H and O–H groups in total. The molecule has 0 saturated carbocycles. The van der Waals surface area contributed by atoms with Crippen molar-refractivity contribution in [2.75, 3.05) is 11.1 Å². The van der Waals surface area contributed by atoms with Crippen molar-refractivity contribution < 1.29 is 9.21 Å². The monoisotopic (exact) mass is 328 g/mol. The number of para-hydroxylation sites is 1. The van der Waals surface area contributed by atoms with Crippen molar-refractivity contribution in [3.63, 3.8) is 0 Å². The number of benzene rings is 1. The van der Waals surface area contributed by atoms with Gasteiger partial charge in [0.2, 0.25) is 5.91 Å². The zero-order chi connectivity index (χ0) is 16.2. The van der Waals surface area contributed by atoms with Crippen molar-refractivity contribution in [2.24, 2.45) is 7.05 Å². The van der Waals surface area contributed by atoms with Gasteiger partial charge in [0.15, 0.2) is 16.7 Å². The molecule has 0 atom stereocenters. The lowest BCUT2D eigenvalue weighted by Gasteiger charge is -2.07. The lowest BCUT2D eigenvalue weighted by molar-refractivity contribution is -0.113. The Bertz CT molecular complexity index is 811. The fraction of sp³-hybridized carbons (Fsp3) is 0.188. The quantitative estimate of drug-likeness (QED) is 0.729. The predicted molar refractivity (Wildman–Crippen MR) is 89.2 cm³/mol. The van der Waals surface area contributed by atoms with Crippen LogP contribution in [0.2, 0.25) is 0 Å². The largest absolute Gasteiger partial charge is 0.461 e. The van der Waals surface area contributed by atoms with Gasteiger partial charge in [-0.3, -0.25) is 4.79 Å². The molecule has 0 bridgehead atoms. The van der Waals surface area contributed by atoms with Crippen LogP contribution < -0.4 is 5.32 Å². The molecular formula is C16H16N4O2S. The summed E-state index contributed by atoms with van der Waals surface area (Å²) in [5.74, 6) is 1.47. The third-order valence-corrected chi connectivity index (χ3v) is 4.35. The number of amides is 1. The minimum absolute atomic E-state index is 0.0770. The molecule has 0 spiro atoms. The predicted octanol–water partition coefficient (Wildman–Crippen LogP) is 3.11. The van der Waals surface area contributed by atoms with Crippen molar-refractivity contribution in [3.05, 3.63) is 48.2 Å². The maximum Gasteiger partial charge on any atom is 0.234 e. The summed E-state index contributed by atoms with van der Waals surface area (Å²) in [6, 6.07) is 11.3.